The number of aliphatic imine (C=N–C) groups is 1. The molecule has 0 saturated heterocycles. The lowest BCUT2D eigenvalue weighted by Gasteiger charge is -2.28. The summed E-state index contributed by atoms with van der Waals surface area (Å²) in [6, 6.07) is 67.3. The van der Waals surface area contributed by atoms with Gasteiger partial charge in [0.1, 0.15) is 16.8 Å². The first kappa shape index (κ1) is 35.8. The van der Waals surface area contributed by atoms with E-state index in [4.69, 9.17) is 9.41 Å². The van der Waals surface area contributed by atoms with E-state index in [1.54, 1.807) is 0 Å². The van der Waals surface area contributed by atoms with Crippen LogP contribution in [0.2, 0.25) is 0 Å². The zero-order valence-electron chi connectivity index (χ0n) is 34.3. The number of allylic oxidation sites excluding steroid dienone is 2. The van der Waals surface area contributed by atoms with Gasteiger partial charge in [0.15, 0.2) is 0 Å². The summed E-state index contributed by atoms with van der Waals surface area (Å²) in [7, 11) is 2.11. The summed E-state index contributed by atoms with van der Waals surface area (Å²) in [6.45, 7) is 2.03. The Kier molecular flexibility index (Phi) is 8.22. The molecule has 12 rings (SSSR count). The molecule has 11 aromatic rings. The third-order valence-electron chi connectivity index (χ3n) is 12.4. The van der Waals surface area contributed by atoms with Crippen LogP contribution in [0.1, 0.15) is 18.1 Å². The highest BCUT2D eigenvalue weighted by atomic mass is 16.3. The molecule has 62 heavy (non-hydrogen) atoms. The number of fused-ring (bicyclic) bond motifs is 8. The number of hydrogen-bond donors (Lipinski definition) is 0. The van der Waals surface area contributed by atoms with Gasteiger partial charge < -0.3 is 18.5 Å². The highest BCUT2D eigenvalue weighted by Gasteiger charge is 2.26. The van der Waals surface area contributed by atoms with E-state index in [2.05, 4.69) is 215 Å². The number of benzene rings is 8. The summed E-state index contributed by atoms with van der Waals surface area (Å²) in [6.07, 6.45) is 6.13. The van der Waals surface area contributed by atoms with Crippen molar-refractivity contribution in [1.29, 1.82) is 0 Å². The van der Waals surface area contributed by atoms with E-state index in [1.165, 1.54) is 38.1 Å². The minimum atomic E-state index is 0.766. The Balaban J connectivity index is 1.09. The van der Waals surface area contributed by atoms with E-state index in [0.29, 0.717) is 0 Å². The minimum Gasteiger partial charge on any atom is -0.456 e. The predicted octanol–water partition coefficient (Wildman–Crippen LogP) is 12.7. The number of hydrogen-bond acceptors (Lipinski definition) is 3. The van der Waals surface area contributed by atoms with Crippen LogP contribution >= 0.6 is 0 Å². The molecule has 0 radical (unpaired) electrons. The van der Waals surface area contributed by atoms with Gasteiger partial charge in [-0.25, -0.2) is 4.99 Å². The Hall–Kier alpha value is -8.15. The fourth-order valence-electron chi connectivity index (χ4n) is 9.58. The van der Waals surface area contributed by atoms with E-state index in [0.717, 1.165) is 78.0 Å². The molecule has 5 nitrogen and oxygen atoms in total. The van der Waals surface area contributed by atoms with Crippen LogP contribution in [0.5, 0.6) is 0 Å². The van der Waals surface area contributed by atoms with Crippen molar-refractivity contribution in [2.45, 2.75) is 6.92 Å². The van der Waals surface area contributed by atoms with Crippen molar-refractivity contribution in [2.24, 2.45) is 4.99 Å². The molecule has 1 aliphatic heterocycles. The second-order valence-corrected chi connectivity index (χ2v) is 15.9. The van der Waals surface area contributed by atoms with Crippen LogP contribution < -0.4 is 15.5 Å². The van der Waals surface area contributed by atoms with Crippen molar-refractivity contribution >= 4 is 77.9 Å². The summed E-state index contributed by atoms with van der Waals surface area (Å²) < 4.78 is 11.4. The Morgan fingerprint density at radius 2 is 1.00 bits per heavy atom. The summed E-state index contributed by atoms with van der Waals surface area (Å²) in [5, 5.41) is 6.80. The molecule has 0 amide bonds. The van der Waals surface area contributed by atoms with Crippen molar-refractivity contribution in [1.82, 2.24) is 9.13 Å². The first-order valence-electron chi connectivity index (χ1n) is 21.1. The monoisotopic (exact) mass is 796 g/mol. The SMILES string of the molecule is C\C=C/C=c1/oc2ccc(-c3ccc4c(c3)c3ccccc3n4-c3ccccc3)cc2/c1=C1\N=C(c2ccc3c(c2)c2ccccc2n3-c2ccccc2)c2ccccc2N1C. The van der Waals surface area contributed by atoms with Crippen LogP contribution in [0.4, 0.5) is 5.69 Å². The fourth-order valence-corrected chi connectivity index (χ4v) is 9.58. The van der Waals surface area contributed by atoms with Gasteiger partial charge in [-0.1, -0.05) is 121 Å². The molecular weight excluding hydrogens is 757 g/mol. The quantitative estimate of drug-likeness (QED) is 0.174. The molecule has 0 unspecified atom stereocenters. The van der Waals surface area contributed by atoms with E-state index in [1.807, 2.05) is 19.1 Å². The zero-order valence-corrected chi connectivity index (χ0v) is 34.3. The summed E-state index contributed by atoms with van der Waals surface area (Å²) >= 11 is 0. The average Bonchev–Trinajstić information content (AvgIpc) is 3.98. The number of rotatable bonds is 5. The number of aromatic nitrogens is 2. The Labute approximate surface area is 358 Å². The van der Waals surface area contributed by atoms with E-state index in [-0.39, 0.29) is 0 Å². The summed E-state index contributed by atoms with van der Waals surface area (Å²) in [5.41, 5.74) is 15.0. The second-order valence-electron chi connectivity index (χ2n) is 15.9. The van der Waals surface area contributed by atoms with Gasteiger partial charge in [-0.15, -0.1) is 0 Å². The molecule has 5 heteroatoms. The molecule has 0 aliphatic carbocycles. The van der Waals surface area contributed by atoms with Crippen molar-refractivity contribution in [3.05, 3.63) is 222 Å². The number of furan rings is 1. The van der Waals surface area contributed by atoms with Crippen molar-refractivity contribution < 1.29 is 4.42 Å². The lowest BCUT2D eigenvalue weighted by atomic mass is 9.96. The van der Waals surface area contributed by atoms with Crippen LogP contribution in [-0.4, -0.2) is 21.9 Å². The van der Waals surface area contributed by atoms with Crippen molar-refractivity contribution in [3.8, 4) is 22.5 Å². The zero-order chi connectivity index (χ0) is 41.3. The average molecular weight is 797 g/mol. The van der Waals surface area contributed by atoms with Crippen LogP contribution in [0.15, 0.2) is 210 Å². The molecule has 3 aromatic heterocycles. The molecule has 0 fully saturated rings. The van der Waals surface area contributed by atoms with Gasteiger partial charge >= 0.3 is 0 Å². The Bertz CT molecular complexity index is 3770. The predicted molar refractivity (Wildman–Crippen MR) is 259 cm³/mol. The van der Waals surface area contributed by atoms with Gasteiger partial charge in [0.05, 0.1) is 38.7 Å². The second kappa shape index (κ2) is 14.3. The molecule has 0 spiro atoms. The van der Waals surface area contributed by atoms with Crippen molar-refractivity contribution in [2.75, 3.05) is 11.9 Å². The Morgan fingerprint density at radius 1 is 0.484 bits per heavy atom. The fraction of sp³-hybridized carbons (Fsp3) is 0.0351. The van der Waals surface area contributed by atoms with Gasteiger partial charge in [-0.05, 0) is 103 Å². The van der Waals surface area contributed by atoms with Crippen LogP contribution in [0.25, 0.3) is 89.0 Å². The molecular formula is C57H40N4O. The molecule has 1 aliphatic rings. The van der Waals surface area contributed by atoms with Crippen LogP contribution in [0.3, 0.4) is 0 Å². The highest BCUT2D eigenvalue weighted by molar-refractivity contribution is 6.22. The minimum absolute atomic E-state index is 0.766. The lowest BCUT2D eigenvalue weighted by molar-refractivity contribution is 0.575. The van der Waals surface area contributed by atoms with E-state index in [9.17, 15) is 0 Å². The van der Waals surface area contributed by atoms with Crippen LogP contribution in [-0.2, 0) is 0 Å². The van der Waals surface area contributed by atoms with E-state index < -0.39 is 0 Å². The van der Waals surface area contributed by atoms with Gasteiger partial charge in [0.2, 0.25) is 0 Å². The molecule has 294 valence electrons. The largest absolute Gasteiger partial charge is 0.456 e. The first-order chi connectivity index (χ1) is 30.6. The third-order valence-corrected chi connectivity index (χ3v) is 12.4. The normalized spacial score (nSPS) is 14.3. The maximum absolute atomic E-state index is 6.72. The third kappa shape index (κ3) is 5.52. The molecule has 0 bridgehead atoms. The standard InChI is InChI=1S/C57H40N4O/c1-3-4-27-54-55(47-35-38(30-33-53(47)62-54)37-28-31-51-45(34-37)42-21-11-15-25-49(42)60(51)40-17-7-5-8-18-40)57-58-56(44-23-13-14-24-48(44)59(57)2)39-29-32-52-46(36-39)43-22-12-16-26-50(43)61(52)41-19-9-6-10-20-41/h3-36H,1-2H3/b4-3-,54-27+,57-55-. The topological polar surface area (TPSA) is 38.6 Å². The molecule has 0 saturated carbocycles. The van der Waals surface area contributed by atoms with Gasteiger partial charge in [-0.2, -0.15) is 0 Å². The van der Waals surface area contributed by atoms with E-state index >= 15 is 0 Å². The Morgan fingerprint density at radius 3 is 1.65 bits per heavy atom. The maximum Gasteiger partial charge on any atom is 0.145 e. The molecule has 0 atom stereocenters. The highest BCUT2D eigenvalue weighted by Crippen LogP contribution is 2.38. The molecule has 4 heterocycles. The number of para-hydroxylation sites is 5. The summed E-state index contributed by atoms with van der Waals surface area (Å²) in [5.74, 6) is 0.832. The maximum atomic E-state index is 6.72. The van der Waals surface area contributed by atoms with Crippen LogP contribution in [0, 0.1) is 0 Å². The molecule has 8 aromatic carbocycles. The number of nitrogens with zero attached hydrogens (tertiary/aromatic N) is 4. The first-order valence-corrected chi connectivity index (χ1v) is 21.1. The lowest BCUT2D eigenvalue weighted by Crippen LogP contribution is -2.33. The van der Waals surface area contributed by atoms with Crippen molar-refractivity contribution in [3.63, 3.8) is 0 Å². The van der Waals surface area contributed by atoms with Gasteiger partial charge in [0, 0.05) is 56.5 Å². The number of anilines is 1. The molecule has 0 N–H and O–H groups in total. The van der Waals surface area contributed by atoms with Gasteiger partial charge in [-0.3, -0.25) is 0 Å². The summed E-state index contributed by atoms with van der Waals surface area (Å²) in [4.78, 5) is 7.86. The van der Waals surface area contributed by atoms with Gasteiger partial charge in [0.25, 0.3) is 0 Å². The smallest absolute Gasteiger partial charge is 0.145 e.